The van der Waals surface area contributed by atoms with E-state index in [4.69, 9.17) is 4.74 Å². The molecule has 1 aliphatic heterocycles. The quantitative estimate of drug-likeness (QED) is 0.189. The Morgan fingerprint density at radius 2 is 2.07 bits per heavy atom. The predicted molar refractivity (Wildman–Crippen MR) is 122 cm³/mol. The molecule has 0 spiro atoms. The summed E-state index contributed by atoms with van der Waals surface area (Å²) in [7, 11) is -1.39. The van der Waals surface area contributed by atoms with Crippen LogP contribution in [0.4, 0.5) is 0 Å². The second kappa shape index (κ2) is 12.9. The number of ether oxygens (including phenoxy) is 1. The molecule has 3 N–H and O–H groups in total. The van der Waals surface area contributed by atoms with Crippen molar-refractivity contribution >= 4 is 51.3 Å². The Morgan fingerprint density at radius 1 is 1.33 bits per heavy atom. The summed E-state index contributed by atoms with van der Waals surface area (Å²) in [4.78, 5) is 8.01. The average molecular weight is 531 g/mol. The Labute approximate surface area is 183 Å². The molecule has 1 unspecified atom stereocenters. The van der Waals surface area contributed by atoms with E-state index in [2.05, 4.69) is 42.8 Å². The monoisotopic (exact) mass is 531 g/mol. The summed E-state index contributed by atoms with van der Waals surface area (Å²) < 4.78 is 30.0. The van der Waals surface area contributed by atoms with Gasteiger partial charge < -0.3 is 15.4 Å². The van der Waals surface area contributed by atoms with E-state index in [0.29, 0.717) is 19.5 Å². The summed E-state index contributed by atoms with van der Waals surface area (Å²) in [5.41, 5.74) is 0. The lowest BCUT2D eigenvalue weighted by Gasteiger charge is -2.34. The van der Waals surface area contributed by atoms with Crippen LogP contribution in [0.25, 0.3) is 0 Å². The van der Waals surface area contributed by atoms with Crippen molar-refractivity contribution in [2.45, 2.75) is 12.5 Å². The molecule has 8 nitrogen and oxygen atoms in total. The van der Waals surface area contributed by atoms with Crippen molar-refractivity contribution in [2.75, 3.05) is 59.2 Å². The number of aliphatic imine (C=N–C) groups is 1. The Bertz CT molecular complexity index is 649. The van der Waals surface area contributed by atoms with Gasteiger partial charge in [0.05, 0.1) is 25.5 Å². The number of thiophene rings is 1. The van der Waals surface area contributed by atoms with Crippen molar-refractivity contribution in [2.24, 2.45) is 4.99 Å². The molecule has 0 bridgehead atoms. The smallest absolute Gasteiger partial charge is 0.208 e. The molecule has 1 aliphatic rings. The van der Waals surface area contributed by atoms with E-state index in [1.165, 1.54) is 4.88 Å². The Hall–Kier alpha value is -0.470. The molecule has 1 fully saturated rings. The summed E-state index contributed by atoms with van der Waals surface area (Å²) in [5.74, 6) is 0.721. The first kappa shape index (κ1) is 24.6. The molecular weight excluding hydrogens is 501 g/mol. The molecule has 0 aliphatic carbocycles. The zero-order chi connectivity index (χ0) is 18.8. The van der Waals surface area contributed by atoms with Gasteiger partial charge in [0.1, 0.15) is 0 Å². The third-order valence-corrected chi connectivity index (χ3v) is 5.76. The molecule has 2 heterocycles. The SMILES string of the molecule is CN=C(NCCCNS(C)(=O)=O)NCC(c1cccs1)N1CCOCC1.I. The number of guanidine groups is 1. The van der Waals surface area contributed by atoms with Crippen LogP contribution in [0.2, 0.25) is 0 Å². The molecule has 0 amide bonds. The molecule has 0 saturated carbocycles. The largest absolute Gasteiger partial charge is 0.379 e. The van der Waals surface area contributed by atoms with Crippen LogP contribution < -0.4 is 15.4 Å². The van der Waals surface area contributed by atoms with E-state index in [1.54, 1.807) is 18.4 Å². The number of nitrogens with one attached hydrogen (secondary N) is 3. The molecule has 156 valence electrons. The fourth-order valence-electron chi connectivity index (χ4n) is 2.75. The number of hydrogen-bond acceptors (Lipinski definition) is 6. The normalized spacial score (nSPS) is 17.2. The lowest BCUT2D eigenvalue weighted by molar-refractivity contribution is 0.0177. The second-order valence-corrected chi connectivity index (χ2v) is 8.89. The van der Waals surface area contributed by atoms with Gasteiger partial charge in [-0.3, -0.25) is 9.89 Å². The third kappa shape index (κ3) is 9.52. The first-order valence-corrected chi connectivity index (χ1v) is 11.5. The molecule has 1 aromatic heterocycles. The third-order valence-electron chi connectivity index (χ3n) is 4.05. The van der Waals surface area contributed by atoms with Crippen LogP contribution in [-0.4, -0.2) is 78.5 Å². The van der Waals surface area contributed by atoms with Gasteiger partial charge in [-0.05, 0) is 17.9 Å². The maximum Gasteiger partial charge on any atom is 0.208 e. The molecule has 2 rings (SSSR count). The number of halogens is 1. The highest BCUT2D eigenvalue weighted by atomic mass is 127. The molecule has 1 aromatic rings. The number of rotatable bonds is 9. The number of nitrogens with zero attached hydrogens (tertiary/aromatic N) is 2. The summed E-state index contributed by atoms with van der Waals surface area (Å²) in [6, 6.07) is 4.53. The van der Waals surface area contributed by atoms with E-state index in [0.717, 1.165) is 45.1 Å². The molecule has 1 saturated heterocycles. The summed E-state index contributed by atoms with van der Waals surface area (Å²) in [6.45, 7) is 5.19. The van der Waals surface area contributed by atoms with E-state index in [-0.39, 0.29) is 30.0 Å². The molecular formula is C16H30IN5O3S2. The van der Waals surface area contributed by atoms with Crippen molar-refractivity contribution in [3.05, 3.63) is 22.4 Å². The van der Waals surface area contributed by atoms with Gasteiger partial charge in [-0.1, -0.05) is 6.07 Å². The van der Waals surface area contributed by atoms with Gasteiger partial charge >= 0.3 is 0 Å². The van der Waals surface area contributed by atoms with Crippen molar-refractivity contribution < 1.29 is 13.2 Å². The minimum absolute atomic E-state index is 0. The van der Waals surface area contributed by atoms with Gasteiger partial charge in [0.15, 0.2) is 5.96 Å². The summed E-state index contributed by atoms with van der Waals surface area (Å²) >= 11 is 1.76. The molecule has 1 atom stereocenters. The van der Waals surface area contributed by atoms with Crippen molar-refractivity contribution in [1.82, 2.24) is 20.3 Å². The van der Waals surface area contributed by atoms with Crippen LogP contribution in [0.5, 0.6) is 0 Å². The van der Waals surface area contributed by atoms with Gasteiger partial charge in [-0.15, -0.1) is 35.3 Å². The average Bonchev–Trinajstić information content (AvgIpc) is 3.14. The second-order valence-electron chi connectivity index (χ2n) is 6.08. The van der Waals surface area contributed by atoms with Gasteiger partial charge in [-0.25, -0.2) is 13.1 Å². The van der Waals surface area contributed by atoms with Gasteiger partial charge in [0.2, 0.25) is 10.0 Å². The zero-order valence-electron chi connectivity index (χ0n) is 15.8. The number of sulfonamides is 1. The Kier molecular flexibility index (Phi) is 11.7. The Balaban J connectivity index is 0.00000364. The molecule has 0 aromatic carbocycles. The van der Waals surface area contributed by atoms with Crippen LogP contribution in [0.15, 0.2) is 22.5 Å². The fourth-order valence-corrected chi connectivity index (χ4v) is 4.12. The molecule has 11 heteroatoms. The highest BCUT2D eigenvalue weighted by Crippen LogP contribution is 2.25. The number of hydrogen-bond donors (Lipinski definition) is 3. The zero-order valence-corrected chi connectivity index (χ0v) is 19.8. The van der Waals surface area contributed by atoms with Crippen LogP contribution in [0.3, 0.4) is 0 Å². The van der Waals surface area contributed by atoms with Gasteiger partial charge in [0.25, 0.3) is 0 Å². The van der Waals surface area contributed by atoms with Crippen molar-refractivity contribution in [3.8, 4) is 0 Å². The first-order chi connectivity index (χ1) is 12.5. The first-order valence-electron chi connectivity index (χ1n) is 8.74. The van der Waals surface area contributed by atoms with E-state index >= 15 is 0 Å². The van der Waals surface area contributed by atoms with E-state index in [1.807, 2.05) is 0 Å². The topological polar surface area (TPSA) is 95.1 Å². The summed E-state index contributed by atoms with van der Waals surface area (Å²) in [5, 5.41) is 8.71. The maximum atomic E-state index is 11.0. The minimum Gasteiger partial charge on any atom is -0.379 e. The fraction of sp³-hybridized carbons (Fsp3) is 0.688. The van der Waals surface area contributed by atoms with Crippen LogP contribution in [-0.2, 0) is 14.8 Å². The molecule has 0 radical (unpaired) electrons. The van der Waals surface area contributed by atoms with Crippen molar-refractivity contribution in [1.29, 1.82) is 0 Å². The summed E-state index contributed by atoms with van der Waals surface area (Å²) in [6.07, 6.45) is 1.85. The van der Waals surface area contributed by atoms with Crippen LogP contribution >= 0.6 is 35.3 Å². The lowest BCUT2D eigenvalue weighted by atomic mass is 10.2. The van der Waals surface area contributed by atoms with Gasteiger partial charge in [-0.2, -0.15) is 0 Å². The highest BCUT2D eigenvalue weighted by molar-refractivity contribution is 14.0. The Morgan fingerprint density at radius 3 is 2.67 bits per heavy atom. The van der Waals surface area contributed by atoms with Crippen LogP contribution in [0, 0.1) is 0 Å². The lowest BCUT2D eigenvalue weighted by Crippen LogP contribution is -2.46. The van der Waals surface area contributed by atoms with Gasteiger partial charge in [0, 0.05) is 44.6 Å². The number of morpholine rings is 1. The van der Waals surface area contributed by atoms with Crippen molar-refractivity contribution in [3.63, 3.8) is 0 Å². The van der Waals surface area contributed by atoms with Crippen LogP contribution in [0.1, 0.15) is 17.3 Å². The molecule has 27 heavy (non-hydrogen) atoms. The predicted octanol–water partition coefficient (Wildman–Crippen LogP) is 0.844. The van der Waals surface area contributed by atoms with E-state index in [9.17, 15) is 8.42 Å². The van der Waals surface area contributed by atoms with E-state index < -0.39 is 10.0 Å². The standard InChI is InChI=1S/C16H29N5O3S2.HI/c1-17-16(18-6-4-7-20-26(2,22)23)19-13-14(15-5-3-12-25-15)21-8-10-24-11-9-21;/h3,5,12,14,20H,4,6-11,13H2,1-2H3,(H2,17,18,19);1H. The highest BCUT2D eigenvalue weighted by Gasteiger charge is 2.23. The maximum absolute atomic E-state index is 11.0. The minimum atomic E-state index is -3.13.